The molecule has 1 saturated heterocycles. The Morgan fingerprint density at radius 2 is 1.65 bits per heavy atom. The van der Waals surface area contributed by atoms with Crippen LogP contribution in [0.1, 0.15) is 49.5 Å². The lowest BCUT2D eigenvalue weighted by molar-refractivity contribution is -0.165. The normalized spacial score (nSPS) is 16.8. The molecule has 2 rings (SSSR count). The molecule has 1 aromatic carbocycles. The van der Waals surface area contributed by atoms with E-state index in [1.165, 1.54) is 4.90 Å². The van der Waals surface area contributed by atoms with Gasteiger partial charge in [0.2, 0.25) is 5.91 Å². The predicted octanol–water partition coefficient (Wildman–Crippen LogP) is 1.15. The standard InChI is InChI=1S/C19H26N2O5/c1-18(2,3)14-6-4-13(5-7-14)16(23)20-12-15(22)21-10-8-19(26,9-11-21)17(24)25/h4-7,26H,8-12H2,1-3H3,(H,20,23)(H,24,25). The quantitative estimate of drug-likeness (QED) is 0.745. The van der Waals surface area contributed by atoms with Crippen LogP contribution in [0.4, 0.5) is 0 Å². The number of likely N-dealkylation sites (tertiary alicyclic amines) is 1. The summed E-state index contributed by atoms with van der Waals surface area (Å²) in [7, 11) is 0. The third-order valence-electron chi connectivity index (χ3n) is 4.75. The second kappa shape index (κ2) is 7.45. The Balaban J connectivity index is 1.86. The van der Waals surface area contributed by atoms with Gasteiger partial charge in [0.25, 0.3) is 5.91 Å². The first-order valence-electron chi connectivity index (χ1n) is 8.65. The minimum absolute atomic E-state index is 0.00286. The maximum Gasteiger partial charge on any atom is 0.335 e. The van der Waals surface area contributed by atoms with E-state index < -0.39 is 11.6 Å². The van der Waals surface area contributed by atoms with Gasteiger partial charge in [0.1, 0.15) is 0 Å². The fraction of sp³-hybridized carbons (Fsp3) is 0.526. The summed E-state index contributed by atoms with van der Waals surface area (Å²) >= 11 is 0. The van der Waals surface area contributed by atoms with E-state index in [1.54, 1.807) is 12.1 Å². The van der Waals surface area contributed by atoms with E-state index >= 15 is 0 Å². The number of aliphatic hydroxyl groups is 1. The lowest BCUT2D eigenvalue weighted by Gasteiger charge is -2.35. The Labute approximate surface area is 153 Å². The van der Waals surface area contributed by atoms with Gasteiger partial charge in [-0.3, -0.25) is 9.59 Å². The van der Waals surface area contributed by atoms with Crippen molar-refractivity contribution in [3.63, 3.8) is 0 Å². The molecule has 2 amide bonds. The first-order chi connectivity index (χ1) is 12.0. The summed E-state index contributed by atoms with van der Waals surface area (Å²) in [4.78, 5) is 36.8. The summed E-state index contributed by atoms with van der Waals surface area (Å²) in [5.41, 5.74) is -0.180. The molecule has 1 aliphatic heterocycles. The number of carboxylic acid groups (broad SMARTS) is 1. The molecule has 7 nitrogen and oxygen atoms in total. The molecule has 142 valence electrons. The molecule has 0 aromatic heterocycles. The first-order valence-corrected chi connectivity index (χ1v) is 8.65. The van der Waals surface area contributed by atoms with Crippen molar-refractivity contribution >= 4 is 17.8 Å². The smallest absolute Gasteiger partial charge is 0.335 e. The number of nitrogens with one attached hydrogen (secondary N) is 1. The first kappa shape index (κ1) is 19.9. The summed E-state index contributed by atoms with van der Waals surface area (Å²) in [5.74, 6) is -1.90. The van der Waals surface area contributed by atoms with Crippen LogP contribution in [-0.4, -0.2) is 58.1 Å². The molecule has 26 heavy (non-hydrogen) atoms. The van der Waals surface area contributed by atoms with Crippen LogP contribution < -0.4 is 5.32 Å². The largest absolute Gasteiger partial charge is 0.479 e. The van der Waals surface area contributed by atoms with E-state index in [4.69, 9.17) is 5.11 Å². The lowest BCUT2D eigenvalue weighted by Crippen LogP contribution is -2.52. The van der Waals surface area contributed by atoms with Gasteiger partial charge in [-0.2, -0.15) is 0 Å². The van der Waals surface area contributed by atoms with Gasteiger partial charge in [-0.1, -0.05) is 32.9 Å². The highest BCUT2D eigenvalue weighted by Gasteiger charge is 2.40. The van der Waals surface area contributed by atoms with Crippen molar-refractivity contribution in [2.24, 2.45) is 0 Å². The number of hydrogen-bond donors (Lipinski definition) is 3. The van der Waals surface area contributed by atoms with E-state index in [-0.39, 0.29) is 49.7 Å². The van der Waals surface area contributed by atoms with Gasteiger partial charge in [0.15, 0.2) is 5.60 Å². The zero-order chi connectivity index (χ0) is 19.5. The molecular formula is C19H26N2O5. The maximum absolute atomic E-state index is 12.2. The second-order valence-corrected chi connectivity index (χ2v) is 7.73. The number of rotatable bonds is 4. The summed E-state index contributed by atoms with van der Waals surface area (Å²) in [6.07, 6.45) is -0.0351. The third kappa shape index (κ3) is 4.60. The van der Waals surface area contributed by atoms with Crippen LogP contribution in [0.15, 0.2) is 24.3 Å². The number of benzene rings is 1. The fourth-order valence-electron chi connectivity index (χ4n) is 2.83. The van der Waals surface area contributed by atoms with Crippen LogP contribution in [0.3, 0.4) is 0 Å². The highest BCUT2D eigenvalue weighted by Crippen LogP contribution is 2.23. The van der Waals surface area contributed by atoms with E-state index in [0.717, 1.165) is 5.56 Å². The van der Waals surface area contributed by atoms with Crippen molar-refractivity contribution in [3.8, 4) is 0 Å². The van der Waals surface area contributed by atoms with Gasteiger partial charge >= 0.3 is 5.97 Å². The summed E-state index contributed by atoms with van der Waals surface area (Å²) < 4.78 is 0. The van der Waals surface area contributed by atoms with Crippen LogP contribution in [0.2, 0.25) is 0 Å². The highest BCUT2D eigenvalue weighted by molar-refractivity contribution is 5.96. The van der Waals surface area contributed by atoms with Crippen LogP contribution in [0.5, 0.6) is 0 Å². The molecule has 0 unspecified atom stereocenters. The van der Waals surface area contributed by atoms with Crippen LogP contribution in [-0.2, 0) is 15.0 Å². The fourth-order valence-corrected chi connectivity index (χ4v) is 2.83. The Kier molecular flexibility index (Phi) is 5.71. The lowest BCUT2D eigenvalue weighted by atomic mass is 9.87. The summed E-state index contributed by atoms with van der Waals surface area (Å²) in [5, 5.41) is 21.5. The predicted molar refractivity (Wildman–Crippen MR) is 95.9 cm³/mol. The van der Waals surface area contributed by atoms with Crippen molar-refractivity contribution in [1.29, 1.82) is 0 Å². The Morgan fingerprint density at radius 1 is 1.12 bits per heavy atom. The van der Waals surface area contributed by atoms with Gasteiger partial charge in [0.05, 0.1) is 6.54 Å². The minimum atomic E-state index is -1.77. The molecular weight excluding hydrogens is 336 g/mol. The Morgan fingerprint density at radius 3 is 2.12 bits per heavy atom. The van der Waals surface area contributed by atoms with E-state index in [0.29, 0.717) is 5.56 Å². The molecule has 1 fully saturated rings. The van der Waals surface area contributed by atoms with E-state index in [2.05, 4.69) is 26.1 Å². The second-order valence-electron chi connectivity index (χ2n) is 7.73. The number of carbonyl (C=O) groups is 3. The van der Waals surface area contributed by atoms with Crippen LogP contribution in [0, 0.1) is 0 Å². The number of amides is 2. The number of hydrogen-bond acceptors (Lipinski definition) is 4. The van der Waals surface area contributed by atoms with E-state index in [9.17, 15) is 19.5 Å². The summed E-state index contributed by atoms with van der Waals surface area (Å²) in [6.45, 7) is 6.40. The topological polar surface area (TPSA) is 107 Å². The highest BCUT2D eigenvalue weighted by atomic mass is 16.4. The number of piperidine rings is 1. The molecule has 3 N–H and O–H groups in total. The molecule has 0 bridgehead atoms. The van der Waals surface area contributed by atoms with Crippen molar-refractivity contribution in [2.45, 2.75) is 44.6 Å². The van der Waals surface area contributed by atoms with Crippen molar-refractivity contribution in [3.05, 3.63) is 35.4 Å². The van der Waals surface area contributed by atoms with Crippen LogP contribution in [0.25, 0.3) is 0 Å². The van der Waals surface area contributed by atoms with Crippen LogP contribution >= 0.6 is 0 Å². The van der Waals surface area contributed by atoms with Gasteiger partial charge in [0, 0.05) is 31.5 Å². The number of nitrogens with zero attached hydrogens (tertiary/aromatic N) is 1. The molecule has 7 heteroatoms. The SMILES string of the molecule is CC(C)(C)c1ccc(C(=O)NCC(=O)N2CCC(O)(C(=O)O)CC2)cc1. The average Bonchev–Trinajstić information content (AvgIpc) is 2.59. The van der Waals surface area contributed by atoms with Gasteiger partial charge in [-0.15, -0.1) is 0 Å². The maximum atomic E-state index is 12.2. The Hall–Kier alpha value is -2.41. The van der Waals surface area contributed by atoms with Crippen molar-refractivity contribution in [1.82, 2.24) is 10.2 Å². The van der Waals surface area contributed by atoms with Gasteiger partial charge in [-0.25, -0.2) is 4.79 Å². The molecule has 1 heterocycles. The molecule has 0 aliphatic carbocycles. The Bertz CT molecular complexity index is 683. The number of aliphatic carboxylic acids is 1. The summed E-state index contributed by atoms with van der Waals surface area (Å²) in [6, 6.07) is 7.25. The third-order valence-corrected chi connectivity index (χ3v) is 4.75. The van der Waals surface area contributed by atoms with Gasteiger partial charge in [-0.05, 0) is 23.1 Å². The number of carboxylic acids is 1. The van der Waals surface area contributed by atoms with E-state index in [1.807, 2.05) is 12.1 Å². The monoisotopic (exact) mass is 362 g/mol. The average molecular weight is 362 g/mol. The van der Waals surface area contributed by atoms with Gasteiger partial charge < -0.3 is 20.4 Å². The minimum Gasteiger partial charge on any atom is -0.479 e. The molecule has 0 saturated carbocycles. The molecule has 0 radical (unpaired) electrons. The number of carbonyl (C=O) groups excluding carboxylic acids is 2. The van der Waals surface area contributed by atoms with Crippen molar-refractivity contribution < 1.29 is 24.6 Å². The molecule has 0 atom stereocenters. The zero-order valence-corrected chi connectivity index (χ0v) is 15.4. The zero-order valence-electron chi connectivity index (χ0n) is 15.4. The molecule has 0 spiro atoms. The molecule has 1 aliphatic rings. The van der Waals surface area contributed by atoms with Crippen molar-refractivity contribution in [2.75, 3.05) is 19.6 Å². The molecule has 1 aromatic rings.